The molecule has 1 aromatic heterocycles. The molecule has 0 aliphatic rings. The van der Waals surface area contributed by atoms with Gasteiger partial charge in [-0.05, 0) is 19.3 Å². The average Bonchev–Trinajstić information content (AvgIpc) is 2.69. The van der Waals surface area contributed by atoms with Crippen molar-refractivity contribution in [1.82, 2.24) is 0 Å². The molecule has 158 valence electrons. The van der Waals surface area contributed by atoms with Crippen LogP contribution in [0.1, 0.15) is 52.4 Å². The normalized spacial score (nSPS) is 11.3. The van der Waals surface area contributed by atoms with E-state index in [4.69, 9.17) is 13.3 Å². The lowest BCUT2D eigenvalue weighted by Gasteiger charge is -2.24. The van der Waals surface area contributed by atoms with E-state index in [1.165, 1.54) is 31.4 Å². The van der Waals surface area contributed by atoms with Crippen LogP contribution in [-0.2, 0) is 19.8 Å². The summed E-state index contributed by atoms with van der Waals surface area (Å²) in [4.78, 5) is 2.52. The molecule has 27 heavy (non-hydrogen) atoms. The fourth-order valence-electron chi connectivity index (χ4n) is 3.07. The quantitative estimate of drug-likeness (QED) is 0.242. The number of nitrogens with zero attached hydrogens (tertiary/aromatic N) is 2. The van der Waals surface area contributed by atoms with Gasteiger partial charge in [0.05, 0.1) is 0 Å². The molecule has 0 radical (unpaired) electrons. The first-order chi connectivity index (χ1) is 12.6. The van der Waals surface area contributed by atoms with Crippen LogP contribution in [0.15, 0.2) is 24.5 Å². The van der Waals surface area contributed by atoms with E-state index in [1.54, 1.807) is 21.3 Å². The third kappa shape index (κ3) is 9.39. The second kappa shape index (κ2) is 15.3. The summed E-state index contributed by atoms with van der Waals surface area (Å²) in [6.07, 6.45) is 11.5. The van der Waals surface area contributed by atoms with Crippen molar-refractivity contribution in [3.05, 3.63) is 24.5 Å². The minimum atomic E-state index is -2.42. The van der Waals surface area contributed by atoms with Gasteiger partial charge in [0.15, 0.2) is 12.4 Å². The highest BCUT2D eigenvalue weighted by Gasteiger charge is 2.36. The summed E-state index contributed by atoms with van der Waals surface area (Å²) in [7, 11) is 2.61. The Balaban J connectivity index is 0.00000676. The summed E-state index contributed by atoms with van der Waals surface area (Å²) in [5.74, 6) is 0. The number of halogens is 1. The van der Waals surface area contributed by atoms with E-state index in [0.29, 0.717) is 0 Å². The number of hydrogen-bond donors (Lipinski definition) is 0. The third-order valence-electron chi connectivity index (χ3n) is 4.88. The van der Waals surface area contributed by atoms with E-state index in [2.05, 4.69) is 47.8 Å². The molecule has 0 spiro atoms. The number of pyridine rings is 1. The number of aryl methyl sites for hydroxylation is 1. The van der Waals surface area contributed by atoms with E-state index in [1.807, 2.05) is 0 Å². The zero-order valence-corrected chi connectivity index (χ0v) is 19.6. The van der Waals surface area contributed by atoms with Crippen LogP contribution in [0.25, 0.3) is 0 Å². The molecule has 0 aliphatic carbocycles. The molecular formula is C20H39ClN2O3Si. The van der Waals surface area contributed by atoms with Crippen LogP contribution in [0.4, 0.5) is 5.69 Å². The molecule has 0 atom stereocenters. The van der Waals surface area contributed by atoms with Crippen LogP contribution in [-0.4, -0.2) is 43.2 Å². The van der Waals surface area contributed by atoms with Gasteiger partial charge in [0.1, 0.15) is 6.54 Å². The second-order valence-electron chi connectivity index (χ2n) is 6.74. The lowest BCUT2D eigenvalue weighted by atomic mass is 10.2. The van der Waals surface area contributed by atoms with Crippen molar-refractivity contribution < 1.29 is 30.3 Å². The largest absolute Gasteiger partial charge is 1.00 e. The Morgan fingerprint density at radius 2 is 1.37 bits per heavy atom. The topological polar surface area (TPSA) is 34.8 Å². The van der Waals surface area contributed by atoms with Crippen LogP contribution in [0.5, 0.6) is 0 Å². The lowest BCUT2D eigenvalue weighted by Crippen LogP contribution is -3.00. The summed E-state index contributed by atoms with van der Waals surface area (Å²) < 4.78 is 18.7. The van der Waals surface area contributed by atoms with Crippen molar-refractivity contribution in [2.45, 2.75) is 65.0 Å². The van der Waals surface area contributed by atoms with E-state index in [-0.39, 0.29) is 12.4 Å². The predicted molar refractivity (Wildman–Crippen MR) is 109 cm³/mol. The van der Waals surface area contributed by atoms with Gasteiger partial charge in [0.2, 0.25) is 0 Å². The minimum Gasteiger partial charge on any atom is -1.00 e. The van der Waals surface area contributed by atoms with Crippen molar-refractivity contribution in [2.24, 2.45) is 0 Å². The highest BCUT2D eigenvalue weighted by atomic mass is 35.5. The van der Waals surface area contributed by atoms with Crippen LogP contribution in [0, 0.1) is 0 Å². The van der Waals surface area contributed by atoms with Gasteiger partial charge in [-0.1, -0.05) is 26.7 Å². The number of anilines is 1. The van der Waals surface area contributed by atoms with Crippen molar-refractivity contribution in [3.63, 3.8) is 0 Å². The first-order valence-corrected chi connectivity index (χ1v) is 12.0. The molecule has 0 saturated heterocycles. The van der Waals surface area contributed by atoms with E-state index in [0.717, 1.165) is 38.5 Å². The molecule has 1 aromatic rings. The van der Waals surface area contributed by atoms with Gasteiger partial charge in [-0.2, -0.15) is 0 Å². The van der Waals surface area contributed by atoms with E-state index in [9.17, 15) is 0 Å². The van der Waals surface area contributed by atoms with Gasteiger partial charge in [-0.15, -0.1) is 0 Å². The Kier molecular flexibility index (Phi) is 14.9. The SMILES string of the molecule is CCCCN(CCCC)c1cc[n+](CCCC[Si](OC)(OC)OC)cc1.[Cl-]. The first kappa shape index (κ1) is 26.3. The molecule has 0 amide bonds. The zero-order valence-electron chi connectivity index (χ0n) is 17.9. The highest BCUT2D eigenvalue weighted by Crippen LogP contribution is 2.17. The van der Waals surface area contributed by atoms with Crippen molar-refractivity contribution in [3.8, 4) is 0 Å². The standard InChI is InChI=1S/C20H39N2O3Si.ClH/c1-6-8-15-22(16-9-7-2)20-12-17-21(18-13-20)14-10-11-19-26(23-3,24-4)25-5;/h12-13,17-18H,6-11,14-16,19H2,1-5H3;1H/q+1;/p-1. The molecule has 0 aromatic carbocycles. The molecule has 0 bridgehead atoms. The highest BCUT2D eigenvalue weighted by molar-refractivity contribution is 6.60. The predicted octanol–water partition coefficient (Wildman–Crippen LogP) is 1.04. The summed E-state index contributed by atoms with van der Waals surface area (Å²) in [5, 5.41) is 0. The summed E-state index contributed by atoms with van der Waals surface area (Å²) in [5.41, 5.74) is 1.34. The summed E-state index contributed by atoms with van der Waals surface area (Å²) in [6.45, 7) is 7.82. The Hall–Kier alpha value is -0.663. The smallest absolute Gasteiger partial charge is 0.500 e. The lowest BCUT2D eigenvalue weighted by molar-refractivity contribution is -0.697. The maximum Gasteiger partial charge on any atom is 0.500 e. The molecule has 5 nitrogen and oxygen atoms in total. The molecule has 0 fully saturated rings. The molecular weight excluding hydrogens is 380 g/mol. The second-order valence-corrected chi connectivity index (χ2v) is 9.83. The molecule has 0 saturated carbocycles. The fourth-order valence-corrected chi connectivity index (χ4v) is 4.86. The number of unbranched alkanes of at least 4 members (excludes halogenated alkanes) is 3. The average molecular weight is 419 g/mol. The molecule has 1 heterocycles. The third-order valence-corrected chi connectivity index (χ3v) is 7.72. The van der Waals surface area contributed by atoms with Crippen molar-refractivity contribution in [2.75, 3.05) is 39.3 Å². The summed E-state index contributed by atoms with van der Waals surface area (Å²) >= 11 is 0. The number of aromatic nitrogens is 1. The van der Waals surface area contributed by atoms with Gasteiger partial charge in [0.25, 0.3) is 0 Å². The maximum absolute atomic E-state index is 5.48. The molecule has 0 unspecified atom stereocenters. The van der Waals surface area contributed by atoms with Crippen molar-refractivity contribution in [1.29, 1.82) is 0 Å². The molecule has 1 rings (SSSR count). The molecule has 7 heteroatoms. The van der Waals surface area contributed by atoms with Crippen LogP contribution < -0.4 is 21.9 Å². The van der Waals surface area contributed by atoms with Crippen LogP contribution >= 0.6 is 0 Å². The minimum absolute atomic E-state index is 0. The Morgan fingerprint density at radius 3 is 1.81 bits per heavy atom. The van der Waals surface area contributed by atoms with Crippen LogP contribution in [0.3, 0.4) is 0 Å². The van der Waals surface area contributed by atoms with Gasteiger partial charge >= 0.3 is 8.80 Å². The van der Waals surface area contributed by atoms with E-state index >= 15 is 0 Å². The number of rotatable bonds is 15. The van der Waals surface area contributed by atoms with Crippen LogP contribution in [0.2, 0.25) is 6.04 Å². The Bertz CT molecular complexity index is 457. The fraction of sp³-hybridized carbons (Fsp3) is 0.750. The number of hydrogen-bond acceptors (Lipinski definition) is 4. The molecule has 0 N–H and O–H groups in total. The summed E-state index contributed by atoms with van der Waals surface area (Å²) in [6, 6.07) is 5.37. The Morgan fingerprint density at radius 1 is 0.852 bits per heavy atom. The Labute approximate surface area is 173 Å². The monoisotopic (exact) mass is 418 g/mol. The van der Waals surface area contributed by atoms with Gasteiger partial charge in [-0.3, -0.25) is 0 Å². The van der Waals surface area contributed by atoms with Gasteiger partial charge in [-0.25, -0.2) is 4.57 Å². The first-order valence-electron chi connectivity index (χ1n) is 10.0. The molecule has 0 aliphatic heterocycles. The van der Waals surface area contributed by atoms with Crippen molar-refractivity contribution >= 4 is 14.5 Å². The maximum atomic E-state index is 5.48. The zero-order chi connectivity index (χ0) is 19.3. The van der Waals surface area contributed by atoms with Gasteiger partial charge in [0, 0.05) is 64.7 Å². The van der Waals surface area contributed by atoms with Gasteiger partial charge < -0.3 is 30.6 Å². The van der Waals surface area contributed by atoms with E-state index < -0.39 is 8.80 Å².